The molecule has 1 aromatic carbocycles. The molecule has 0 saturated carbocycles. The zero-order chi connectivity index (χ0) is 13.2. The van der Waals surface area contributed by atoms with E-state index in [0.717, 1.165) is 10.6 Å². The van der Waals surface area contributed by atoms with Crippen LogP contribution in [0.25, 0.3) is 10.6 Å². The molecule has 0 spiro atoms. The van der Waals surface area contributed by atoms with Gasteiger partial charge in [-0.05, 0) is 24.3 Å². The number of anilines is 1. The third kappa shape index (κ3) is 2.86. The van der Waals surface area contributed by atoms with Gasteiger partial charge in [-0.25, -0.2) is 4.98 Å². The van der Waals surface area contributed by atoms with E-state index in [1.54, 1.807) is 29.0 Å². The van der Waals surface area contributed by atoms with E-state index >= 15 is 0 Å². The number of amides is 1. The van der Waals surface area contributed by atoms with Gasteiger partial charge in [0.05, 0.1) is 0 Å². The highest BCUT2D eigenvalue weighted by atomic mass is 32.1. The molecule has 2 rings (SSSR count). The maximum absolute atomic E-state index is 12.0. The Bertz CT molecular complexity index is 534. The molecule has 18 heavy (non-hydrogen) atoms. The van der Waals surface area contributed by atoms with E-state index in [-0.39, 0.29) is 5.69 Å². The minimum atomic E-state index is -4.88. The number of benzene rings is 1. The fourth-order valence-corrected chi connectivity index (χ4v) is 1.91. The summed E-state index contributed by atoms with van der Waals surface area (Å²) in [6.07, 6.45) is -3.24. The lowest BCUT2D eigenvalue weighted by molar-refractivity contribution is -0.167. The lowest BCUT2D eigenvalue weighted by Crippen LogP contribution is -2.29. The maximum Gasteiger partial charge on any atom is 0.471 e. The van der Waals surface area contributed by atoms with Crippen molar-refractivity contribution in [3.63, 3.8) is 0 Å². The van der Waals surface area contributed by atoms with E-state index in [1.165, 1.54) is 23.5 Å². The molecular weight excluding hydrogens is 265 g/mol. The molecule has 0 aliphatic rings. The standard InChI is InChI=1S/C11H7F3N2OS/c12-11(13,14)10(17)16-8-3-1-7(2-4-8)9-15-5-6-18-9/h1-6H,(H,16,17). The van der Waals surface area contributed by atoms with Crippen molar-refractivity contribution < 1.29 is 18.0 Å². The number of hydrogen-bond acceptors (Lipinski definition) is 3. The van der Waals surface area contributed by atoms with Crippen molar-refractivity contribution in [3.05, 3.63) is 35.8 Å². The van der Waals surface area contributed by atoms with Gasteiger partial charge in [0.25, 0.3) is 0 Å². The first-order valence-corrected chi connectivity index (χ1v) is 5.73. The molecule has 0 aliphatic carbocycles. The number of nitrogens with one attached hydrogen (secondary N) is 1. The first-order chi connectivity index (χ1) is 8.47. The summed E-state index contributed by atoms with van der Waals surface area (Å²) in [5, 5.41) is 4.34. The van der Waals surface area contributed by atoms with Crippen molar-refractivity contribution in [3.8, 4) is 10.6 Å². The summed E-state index contributed by atoms with van der Waals surface area (Å²) >= 11 is 1.42. The van der Waals surface area contributed by atoms with Crippen molar-refractivity contribution in [2.75, 3.05) is 5.32 Å². The van der Waals surface area contributed by atoms with Gasteiger partial charge in [0, 0.05) is 22.8 Å². The van der Waals surface area contributed by atoms with E-state index in [2.05, 4.69) is 4.98 Å². The smallest absolute Gasteiger partial charge is 0.318 e. The van der Waals surface area contributed by atoms with Gasteiger partial charge < -0.3 is 5.32 Å². The molecule has 0 fully saturated rings. The predicted octanol–water partition coefficient (Wildman–Crippen LogP) is 3.31. The molecule has 1 aromatic heterocycles. The number of rotatable bonds is 2. The van der Waals surface area contributed by atoms with Crippen LogP contribution in [-0.4, -0.2) is 17.1 Å². The van der Waals surface area contributed by atoms with E-state index in [4.69, 9.17) is 0 Å². The van der Waals surface area contributed by atoms with Crippen molar-refractivity contribution >= 4 is 22.9 Å². The predicted molar refractivity (Wildman–Crippen MR) is 62.2 cm³/mol. The number of carbonyl (C=O) groups is 1. The van der Waals surface area contributed by atoms with Crippen LogP contribution in [0.15, 0.2) is 35.8 Å². The Kier molecular flexibility index (Phi) is 3.33. The van der Waals surface area contributed by atoms with Gasteiger partial charge in [-0.1, -0.05) is 0 Å². The zero-order valence-electron chi connectivity index (χ0n) is 8.86. The molecule has 1 amide bonds. The summed E-state index contributed by atoms with van der Waals surface area (Å²) in [5.41, 5.74) is 0.882. The SMILES string of the molecule is O=C(Nc1ccc(-c2nccs2)cc1)C(F)(F)F. The third-order valence-corrected chi connectivity index (χ3v) is 2.90. The van der Waals surface area contributed by atoms with E-state index in [0.29, 0.717) is 0 Å². The Labute approximate surface area is 104 Å². The summed E-state index contributed by atoms with van der Waals surface area (Å²) < 4.78 is 36.1. The number of alkyl halides is 3. The van der Waals surface area contributed by atoms with Crippen molar-refractivity contribution in [2.45, 2.75) is 6.18 Å². The van der Waals surface area contributed by atoms with Gasteiger partial charge in [-0.2, -0.15) is 13.2 Å². The quantitative estimate of drug-likeness (QED) is 0.911. The van der Waals surface area contributed by atoms with Crippen molar-refractivity contribution in [1.82, 2.24) is 4.98 Å². The first kappa shape index (κ1) is 12.6. The monoisotopic (exact) mass is 272 g/mol. The summed E-state index contributed by atoms with van der Waals surface area (Å²) in [5.74, 6) is -1.98. The van der Waals surface area contributed by atoms with Crippen molar-refractivity contribution in [2.24, 2.45) is 0 Å². The van der Waals surface area contributed by atoms with Gasteiger partial charge in [-0.15, -0.1) is 11.3 Å². The molecule has 94 valence electrons. The Morgan fingerprint density at radius 3 is 2.39 bits per heavy atom. The number of halogens is 3. The second-order valence-electron chi connectivity index (χ2n) is 3.37. The Morgan fingerprint density at radius 1 is 1.22 bits per heavy atom. The van der Waals surface area contributed by atoms with Gasteiger partial charge in [0.15, 0.2) is 0 Å². The number of carbonyl (C=O) groups excluding carboxylic acids is 1. The average molecular weight is 272 g/mol. The fourth-order valence-electron chi connectivity index (χ4n) is 1.26. The molecule has 0 unspecified atom stereocenters. The van der Waals surface area contributed by atoms with Gasteiger partial charge in [-0.3, -0.25) is 4.79 Å². The maximum atomic E-state index is 12.0. The van der Waals surface area contributed by atoms with Gasteiger partial charge >= 0.3 is 12.1 Å². The molecule has 0 aliphatic heterocycles. The van der Waals surface area contributed by atoms with Crippen LogP contribution >= 0.6 is 11.3 Å². The summed E-state index contributed by atoms with van der Waals surface area (Å²) in [6.45, 7) is 0. The second kappa shape index (κ2) is 4.77. The molecule has 3 nitrogen and oxygen atoms in total. The summed E-state index contributed by atoms with van der Waals surface area (Å²) in [7, 11) is 0. The summed E-state index contributed by atoms with van der Waals surface area (Å²) in [4.78, 5) is 14.8. The normalized spacial score (nSPS) is 11.3. The number of aromatic nitrogens is 1. The van der Waals surface area contributed by atoms with E-state index in [1.807, 2.05) is 0 Å². The fraction of sp³-hybridized carbons (Fsp3) is 0.0909. The van der Waals surface area contributed by atoms with E-state index < -0.39 is 12.1 Å². The highest BCUT2D eigenvalue weighted by Gasteiger charge is 2.38. The van der Waals surface area contributed by atoms with Crippen molar-refractivity contribution in [1.29, 1.82) is 0 Å². The molecule has 0 saturated heterocycles. The lowest BCUT2D eigenvalue weighted by atomic mass is 10.2. The third-order valence-electron chi connectivity index (χ3n) is 2.08. The average Bonchev–Trinajstić information content (AvgIpc) is 2.82. The number of thiazole rings is 1. The van der Waals surface area contributed by atoms with Crippen LogP contribution < -0.4 is 5.32 Å². The van der Waals surface area contributed by atoms with Crippen LogP contribution in [0, 0.1) is 0 Å². The van der Waals surface area contributed by atoms with Crippen LogP contribution in [0.3, 0.4) is 0 Å². The summed E-state index contributed by atoms with van der Waals surface area (Å²) in [6, 6.07) is 6.01. The number of hydrogen-bond donors (Lipinski definition) is 1. The molecule has 0 bridgehead atoms. The second-order valence-corrected chi connectivity index (χ2v) is 4.26. The Morgan fingerprint density at radius 2 is 1.89 bits per heavy atom. The van der Waals surface area contributed by atoms with Crippen LogP contribution in [0.4, 0.5) is 18.9 Å². The molecule has 1 heterocycles. The molecule has 0 atom stereocenters. The van der Waals surface area contributed by atoms with Gasteiger partial charge in [0.2, 0.25) is 0 Å². The van der Waals surface area contributed by atoms with Crippen LogP contribution in [-0.2, 0) is 4.79 Å². The molecular formula is C11H7F3N2OS. The Balaban J connectivity index is 2.12. The zero-order valence-corrected chi connectivity index (χ0v) is 9.68. The number of nitrogens with zero attached hydrogens (tertiary/aromatic N) is 1. The van der Waals surface area contributed by atoms with Gasteiger partial charge in [0.1, 0.15) is 5.01 Å². The van der Waals surface area contributed by atoms with Crippen LogP contribution in [0.2, 0.25) is 0 Å². The minimum Gasteiger partial charge on any atom is -0.318 e. The molecule has 2 aromatic rings. The molecule has 0 radical (unpaired) electrons. The first-order valence-electron chi connectivity index (χ1n) is 4.85. The van der Waals surface area contributed by atoms with E-state index in [9.17, 15) is 18.0 Å². The highest BCUT2D eigenvalue weighted by Crippen LogP contribution is 2.24. The van der Waals surface area contributed by atoms with Crippen LogP contribution in [0.5, 0.6) is 0 Å². The minimum absolute atomic E-state index is 0.0950. The topological polar surface area (TPSA) is 42.0 Å². The Hall–Kier alpha value is -1.89. The highest BCUT2D eigenvalue weighted by molar-refractivity contribution is 7.13. The molecule has 1 N–H and O–H groups in total. The largest absolute Gasteiger partial charge is 0.471 e. The molecule has 7 heteroatoms. The lowest BCUT2D eigenvalue weighted by Gasteiger charge is -2.07. The van der Waals surface area contributed by atoms with Crippen LogP contribution in [0.1, 0.15) is 0 Å².